The molecule has 1 heterocycles. The van der Waals surface area contributed by atoms with Crippen molar-refractivity contribution in [1.29, 1.82) is 0 Å². The molecule has 0 aromatic rings. The highest BCUT2D eigenvalue weighted by molar-refractivity contribution is 14.1. The molecule has 0 amide bonds. The molecule has 0 spiro atoms. The largest absolute Gasteiger partial charge is 0.380 e. The summed E-state index contributed by atoms with van der Waals surface area (Å²) in [5.41, 5.74) is 0. The molecule has 48 valence electrons. The van der Waals surface area contributed by atoms with Crippen molar-refractivity contribution in [2.75, 3.05) is 13.2 Å². The molecule has 0 bridgehead atoms. The normalized spacial score (nSPS) is 39.8. The molecule has 1 unspecified atom stereocenters. The van der Waals surface area contributed by atoms with Crippen LogP contribution in [0.25, 0.3) is 0 Å². The van der Waals surface area contributed by atoms with Gasteiger partial charge in [-0.2, -0.15) is 0 Å². The van der Waals surface area contributed by atoms with Crippen LogP contribution < -0.4 is 0 Å². The van der Waals surface area contributed by atoms with E-state index in [0.717, 1.165) is 21.1 Å². The van der Waals surface area contributed by atoms with Crippen LogP contribution in [0.4, 0.5) is 0 Å². The summed E-state index contributed by atoms with van der Waals surface area (Å²) in [6.07, 6.45) is 1.23. The van der Waals surface area contributed by atoms with Gasteiger partial charge in [0.15, 0.2) is 0 Å². The summed E-state index contributed by atoms with van der Waals surface area (Å²) >= 11 is 4.95. The summed E-state index contributed by atoms with van der Waals surface area (Å²) in [4.78, 5) is 0. The van der Waals surface area contributed by atoms with Crippen molar-refractivity contribution in [3.63, 3.8) is 0 Å². The van der Waals surface area contributed by atoms with Gasteiger partial charge in [0.2, 0.25) is 0 Å². The van der Waals surface area contributed by atoms with E-state index in [1.807, 2.05) is 0 Å². The number of hydrogen-bond acceptors (Lipinski definition) is 1. The number of alkyl halides is 2. The van der Waals surface area contributed by atoms with Gasteiger partial charge >= 0.3 is 0 Å². The highest BCUT2D eigenvalue weighted by Gasteiger charge is 2.19. The van der Waals surface area contributed by atoms with Gasteiger partial charge in [0, 0.05) is 14.5 Å². The predicted molar refractivity (Wildman–Crippen MR) is 51.1 cm³/mol. The molecule has 1 aliphatic heterocycles. The average Bonchev–Trinajstić information content (AvgIpc) is 1.77. The molecule has 0 aromatic heterocycles. The van der Waals surface area contributed by atoms with Crippen molar-refractivity contribution >= 4 is 45.2 Å². The summed E-state index contributed by atoms with van der Waals surface area (Å²) < 4.78 is 6.81. The monoisotopic (exact) mass is 338 g/mol. The van der Waals surface area contributed by atoms with E-state index in [1.165, 1.54) is 6.42 Å². The van der Waals surface area contributed by atoms with Gasteiger partial charge in [-0.15, -0.1) is 0 Å². The lowest BCUT2D eigenvalue weighted by atomic mass is 10.2. The number of hydrogen-bond donors (Lipinski definition) is 0. The van der Waals surface area contributed by atoms with Crippen LogP contribution in [-0.4, -0.2) is 21.1 Å². The van der Waals surface area contributed by atoms with E-state index >= 15 is 0 Å². The fraction of sp³-hybridized carbons (Fsp3) is 1.00. The van der Waals surface area contributed by atoms with Gasteiger partial charge in [0.25, 0.3) is 0 Å². The maximum absolute atomic E-state index is 5.24. The topological polar surface area (TPSA) is 9.23 Å². The zero-order valence-electron chi connectivity index (χ0n) is 4.44. The molecule has 1 saturated heterocycles. The second-order valence-electron chi connectivity index (χ2n) is 1.90. The van der Waals surface area contributed by atoms with Gasteiger partial charge in [-0.25, -0.2) is 0 Å². The van der Waals surface area contributed by atoms with Crippen molar-refractivity contribution in [1.82, 2.24) is 0 Å². The summed E-state index contributed by atoms with van der Waals surface area (Å²) in [7, 11) is 0. The first-order valence-electron chi connectivity index (χ1n) is 2.66. The molecular weight excluding hydrogens is 330 g/mol. The number of ether oxygens (including phenoxy) is 1. The Balaban J connectivity index is 2.28. The Morgan fingerprint density at radius 2 is 2.00 bits per heavy atom. The van der Waals surface area contributed by atoms with Crippen LogP contribution in [0.5, 0.6) is 0 Å². The first kappa shape index (κ1) is 7.53. The maximum Gasteiger partial charge on any atom is 0.0594 e. The fourth-order valence-electron chi connectivity index (χ4n) is 0.677. The second kappa shape index (κ2) is 3.55. The molecular formula is C5H8I2O. The summed E-state index contributed by atoms with van der Waals surface area (Å²) in [5.74, 6) is 0. The highest BCUT2D eigenvalue weighted by Crippen LogP contribution is 2.22. The second-order valence-corrected chi connectivity index (χ2v) is 5.10. The lowest BCUT2D eigenvalue weighted by Gasteiger charge is -2.22. The van der Waals surface area contributed by atoms with E-state index in [0.29, 0.717) is 0 Å². The summed E-state index contributed by atoms with van der Waals surface area (Å²) in [6, 6.07) is 0. The Labute approximate surface area is 76.8 Å². The summed E-state index contributed by atoms with van der Waals surface area (Å²) in [5, 5.41) is 0. The maximum atomic E-state index is 5.24. The van der Waals surface area contributed by atoms with Crippen LogP contribution in [0.1, 0.15) is 6.42 Å². The molecule has 1 aliphatic rings. The van der Waals surface area contributed by atoms with Crippen molar-refractivity contribution in [3.8, 4) is 0 Å². The Hall–Kier alpha value is 1.42. The molecule has 1 fully saturated rings. The SMILES string of the molecule is IC1COCC[C@@H]1I. The van der Waals surface area contributed by atoms with Crippen LogP contribution >= 0.6 is 45.2 Å². The first-order valence-corrected chi connectivity index (χ1v) is 5.15. The van der Waals surface area contributed by atoms with Crippen molar-refractivity contribution in [3.05, 3.63) is 0 Å². The molecule has 0 N–H and O–H groups in total. The molecule has 1 nitrogen and oxygen atoms in total. The Kier molecular flexibility index (Phi) is 3.34. The molecule has 3 heteroatoms. The standard InChI is InChI=1S/C5H8I2O/c6-4-1-2-8-3-5(4)7/h4-5H,1-3H2/t4-,5?/m0/s1. The van der Waals surface area contributed by atoms with Gasteiger partial charge in [-0.3, -0.25) is 0 Å². The van der Waals surface area contributed by atoms with E-state index < -0.39 is 0 Å². The van der Waals surface area contributed by atoms with E-state index in [-0.39, 0.29) is 0 Å². The molecule has 0 saturated carbocycles. The minimum atomic E-state index is 0.738. The minimum absolute atomic E-state index is 0.738. The Morgan fingerprint density at radius 1 is 1.25 bits per heavy atom. The highest BCUT2D eigenvalue weighted by atomic mass is 127. The van der Waals surface area contributed by atoms with E-state index in [2.05, 4.69) is 45.2 Å². The van der Waals surface area contributed by atoms with Gasteiger partial charge < -0.3 is 4.74 Å². The molecule has 0 aromatic carbocycles. The van der Waals surface area contributed by atoms with E-state index in [4.69, 9.17) is 4.74 Å². The van der Waals surface area contributed by atoms with Crippen molar-refractivity contribution in [2.45, 2.75) is 14.3 Å². The van der Waals surface area contributed by atoms with Crippen LogP contribution in [0.15, 0.2) is 0 Å². The molecule has 0 aliphatic carbocycles. The minimum Gasteiger partial charge on any atom is -0.380 e. The third-order valence-corrected chi connectivity index (χ3v) is 5.30. The predicted octanol–water partition coefficient (Wildman–Crippen LogP) is 2.01. The van der Waals surface area contributed by atoms with E-state index in [9.17, 15) is 0 Å². The van der Waals surface area contributed by atoms with Crippen molar-refractivity contribution in [2.24, 2.45) is 0 Å². The zero-order chi connectivity index (χ0) is 5.98. The zero-order valence-corrected chi connectivity index (χ0v) is 8.76. The molecule has 8 heavy (non-hydrogen) atoms. The molecule has 2 atom stereocenters. The van der Waals surface area contributed by atoms with Gasteiger partial charge in [-0.1, -0.05) is 45.2 Å². The third-order valence-electron chi connectivity index (χ3n) is 1.21. The van der Waals surface area contributed by atoms with E-state index in [1.54, 1.807) is 0 Å². The van der Waals surface area contributed by atoms with Crippen LogP contribution in [0.2, 0.25) is 0 Å². The first-order chi connectivity index (χ1) is 3.80. The molecule has 0 radical (unpaired) electrons. The van der Waals surface area contributed by atoms with Crippen LogP contribution in [-0.2, 0) is 4.74 Å². The Morgan fingerprint density at radius 3 is 2.38 bits per heavy atom. The third kappa shape index (κ3) is 1.98. The van der Waals surface area contributed by atoms with Gasteiger partial charge in [0.1, 0.15) is 0 Å². The fourth-order valence-corrected chi connectivity index (χ4v) is 1.75. The lowest BCUT2D eigenvalue weighted by molar-refractivity contribution is 0.110. The van der Waals surface area contributed by atoms with Gasteiger partial charge in [0.05, 0.1) is 6.61 Å². The lowest BCUT2D eigenvalue weighted by Crippen LogP contribution is -2.27. The average molecular weight is 338 g/mol. The molecule has 1 rings (SSSR count). The summed E-state index contributed by atoms with van der Waals surface area (Å²) in [6.45, 7) is 1.92. The van der Waals surface area contributed by atoms with Gasteiger partial charge in [-0.05, 0) is 6.42 Å². The van der Waals surface area contributed by atoms with Crippen LogP contribution in [0.3, 0.4) is 0 Å². The number of halogens is 2. The van der Waals surface area contributed by atoms with Crippen molar-refractivity contribution < 1.29 is 4.74 Å². The van der Waals surface area contributed by atoms with Crippen LogP contribution in [0, 0.1) is 0 Å². The Bertz CT molecular complexity index is 66.8. The smallest absolute Gasteiger partial charge is 0.0594 e. The number of rotatable bonds is 0. The quantitative estimate of drug-likeness (QED) is 0.485.